The summed E-state index contributed by atoms with van der Waals surface area (Å²) in [6, 6.07) is 26.4. The topological polar surface area (TPSA) is 88.4 Å². The standard InChI is InChI=1S/C22H20N2O2S.C2HF3O2/c25-27(26,20-11-5-2-6-12-20)24-15-14-21-19(10-7-13-22(21)24)17-23-16-18-8-3-1-4-9-18;3-2(4,5)1(6)7/h1-15,23H,16-17H2;(H,6,7). The van der Waals surface area contributed by atoms with Gasteiger partial charge in [0.25, 0.3) is 10.0 Å². The van der Waals surface area contributed by atoms with Crippen LogP contribution in [0.1, 0.15) is 11.1 Å². The number of aromatic nitrogens is 1. The zero-order valence-electron chi connectivity index (χ0n) is 17.7. The molecule has 0 atom stereocenters. The third kappa shape index (κ3) is 6.03. The number of carbonyl (C=O) groups is 1. The second kappa shape index (κ2) is 10.5. The number of rotatable bonds is 6. The lowest BCUT2D eigenvalue weighted by atomic mass is 10.1. The predicted octanol–water partition coefficient (Wildman–Crippen LogP) is 4.80. The molecular weight excluding hydrogens is 469 g/mol. The highest BCUT2D eigenvalue weighted by Gasteiger charge is 2.38. The van der Waals surface area contributed by atoms with Gasteiger partial charge in [0, 0.05) is 24.7 Å². The van der Waals surface area contributed by atoms with Gasteiger partial charge >= 0.3 is 12.1 Å². The van der Waals surface area contributed by atoms with Gasteiger partial charge in [-0.1, -0.05) is 60.7 Å². The molecule has 0 aliphatic carbocycles. The molecule has 4 rings (SSSR count). The molecule has 0 spiro atoms. The van der Waals surface area contributed by atoms with E-state index in [1.54, 1.807) is 30.5 Å². The number of hydrogen-bond donors (Lipinski definition) is 2. The molecular formula is C24H21F3N2O4S. The third-order valence-corrected chi connectivity index (χ3v) is 6.52. The molecule has 4 aromatic rings. The van der Waals surface area contributed by atoms with Crippen LogP contribution in [-0.2, 0) is 27.9 Å². The zero-order chi connectivity index (χ0) is 24.8. The second-order valence-electron chi connectivity index (χ2n) is 7.17. The Hall–Kier alpha value is -3.63. The van der Waals surface area contributed by atoms with Crippen molar-refractivity contribution in [2.24, 2.45) is 0 Å². The monoisotopic (exact) mass is 490 g/mol. The number of aliphatic carboxylic acids is 1. The van der Waals surface area contributed by atoms with E-state index in [9.17, 15) is 21.6 Å². The molecule has 0 aliphatic rings. The van der Waals surface area contributed by atoms with E-state index in [0.717, 1.165) is 17.5 Å². The first kappa shape index (κ1) is 25.0. The average Bonchev–Trinajstić information content (AvgIpc) is 3.26. The number of hydrogen-bond acceptors (Lipinski definition) is 4. The van der Waals surface area contributed by atoms with Crippen LogP contribution in [0.5, 0.6) is 0 Å². The summed E-state index contributed by atoms with van der Waals surface area (Å²) in [4.78, 5) is 9.18. The summed E-state index contributed by atoms with van der Waals surface area (Å²) in [7, 11) is -3.61. The van der Waals surface area contributed by atoms with Gasteiger partial charge in [-0.2, -0.15) is 13.2 Å². The largest absolute Gasteiger partial charge is 0.490 e. The molecule has 1 aromatic heterocycles. The number of fused-ring (bicyclic) bond motifs is 1. The van der Waals surface area contributed by atoms with Gasteiger partial charge in [-0.3, -0.25) is 0 Å². The van der Waals surface area contributed by atoms with Gasteiger partial charge in [-0.25, -0.2) is 17.2 Å². The van der Waals surface area contributed by atoms with Gasteiger partial charge in [-0.15, -0.1) is 0 Å². The molecule has 34 heavy (non-hydrogen) atoms. The van der Waals surface area contributed by atoms with Crippen LogP contribution in [0.15, 0.2) is 96.0 Å². The second-order valence-corrected chi connectivity index (χ2v) is 8.99. The Morgan fingerprint density at radius 2 is 1.44 bits per heavy atom. The molecule has 0 fully saturated rings. The Morgan fingerprint density at radius 1 is 0.853 bits per heavy atom. The van der Waals surface area contributed by atoms with Gasteiger partial charge in [0.2, 0.25) is 0 Å². The minimum Gasteiger partial charge on any atom is -0.475 e. The number of nitrogens with zero attached hydrogens (tertiary/aromatic N) is 1. The van der Waals surface area contributed by atoms with Gasteiger partial charge in [0.1, 0.15) is 0 Å². The van der Waals surface area contributed by atoms with E-state index in [0.29, 0.717) is 12.1 Å². The lowest BCUT2D eigenvalue weighted by molar-refractivity contribution is -0.192. The van der Waals surface area contributed by atoms with Crippen LogP contribution in [0.2, 0.25) is 0 Å². The first-order valence-electron chi connectivity index (χ1n) is 10.0. The maximum absolute atomic E-state index is 13.0. The van der Waals surface area contributed by atoms with Crippen molar-refractivity contribution < 1.29 is 31.5 Å². The Kier molecular flexibility index (Phi) is 7.75. The molecule has 3 aromatic carbocycles. The first-order chi connectivity index (χ1) is 16.1. The third-order valence-electron chi connectivity index (χ3n) is 4.82. The smallest absolute Gasteiger partial charge is 0.475 e. The van der Waals surface area contributed by atoms with Crippen molar-refractivity contribution in [1.29, 1.82) is 0 Å². The predicted molar refractivity (Wildman–Crippen MR) is 122 cm³/mol. The molecule has 0 radical (unpaired) electrons. The molecule has 2 N–H and O–H groups in total. The van der Waals surface area contributed by atoms with Crippen LogP contribution in [0.3, 0.4) is 0 Å². The SMILES string of the molecule is O=C(O)C(F)(F)F.O=S(=O)(c1ccccc1)n1ccc2c(CNCc3ccccc3)cccc21. The molecule has 1 heterocycles. The normalized spacial score (nSPS) is 11.6. The van der Waals surface area contributed by atoms with Crippen LogP contribution in [-0.4, -0.2) is 29.6 Å². The number of halogens is 3. The van der Waals surface area contributed by atoms with Gasteiger partial charge < -0.3 is 10.4 Å². The maximum Gasteiger partial charge on any atom is 0.490 e. The molecule has 0 amide bonds. The number of carboxylic acid groups (broad SMARTS) is 1. The molecule has 0 bridgehead atoms. The fourth-order valence-electron chi connectivity index (χ4n) is 3.21. The molecule has 6 nitrogen and oxygen atoms in total. The minimum atomic E-state index is -5.08. The number of benzene rings is 3. The van der Waals surface area contributed by atoms with Crippen LogP contribution in [0, 0.1) is 0 Å². The summed E-state index contributed by atoms with van der Waals surface area (Å²) in [6.45, 7) is 1.43. The van der Waals surface area contributed by atoms with Crippen LogP contribution in [0.25, 0.3) is 10.9 Å². The molecule has 10 heteroatoms. The van der Waals surface area contributed by atoms with Gasteiger partial charge in [-0.05, 0) is 35.4 Å². The number of nitrogens with one attached hydrogen (secondary N) is 1. The van der Waals surface area contributed by atoms with Crippen molar-refractivity contribution in [2.45, 2.75) is 24.2 Å². The summed E-state index contributed by atoms with van der Waals surface area (Å²) in [6.07, 6.45) is -3.45. The summed E-state index contributed by atoms with van der Waals surface area (Å²) in [5, 5.41) is 11.5. The highest BCUT2D eigenvalue weighted by Crippen LogP contribution is 2.25. The fourth-order valence-corrected chi connectivity index (χ4v) is 4.58. The Labute approximate surface area is 194 Å². The summed E-state index contributed by atoms with van der Waals surface area (Å²) < 4.78 is 59.0. The number of alkyl halides is 3. The Bertz CT molecular complexity index is 1350. The lowest BCUT2D eigenvalue weighted by Crippen LogP contribution is -2.21. The van der Waals surface area contributed by atoms with Crippen molar-refractivity contribution >= 4 is 26.9 Å². The van der Waals surface area contributed by atoms with E-state index in [4.69, 9.17) is 9.90 Å². The van der Waals surface area contributed by atoms with E-state index in [2.05, 4.69) is 17.4 Å². The zero-order valence-corrected chi connectivity index (χ0v) is 18.6. The highest BCUT2D eigenvalue weighted by molar-refractivity contribution is 7.90. The molecule has 0 aliphatic heterocycles. The lowest BCUT2D eigenvalue weighted by Gasteiger charge is -2.09. The van der Waals surface area contributed by atoms with Crippen LogP contribution in [0.4, 0.5) is 13.2 Å². The molecule has 0 saturated heterocycles. The summed E-state index contributed by atoms with van der Waals surface area (Å²) >= 11 is 0. The molecule has 0 unspecified atom stereocenters. The average molecular weight is 491 g/mol. The Morgan fingerprint density at radius 3 is 2.03 bits per heavy atom. The number of carboxylic acids is 1. The van der Waals surface area contributed by atoms with Gasteiger partial charge in [0.05, 0.1) is 10.4 Å². The van der Waals surface area contributed by atoms with Crippen LogP contribution < -0.4 is 5.32 Å². The van der Waals surface area contributed by atoms with E-state index < -0.39 is 22.2 Å². The highest BCUT2D eigenvalue weighted by atomic mass is 32.2. The van der Waals surface area contributed by atoms with E-state index >= 15 is 0 Å². The minimum absolute atomic E-state index is 0.287. The van der Waals surface area contributed by atoms with E-state index in [1.807, 2.05) is 48.5 Å². The quantitative estimate of drug-likeness (QED) is 0.405. The van der Waals surface area contributed by atoms with Gasteiger partial charge in [0.15, 0.2) is 0 Å². The fraction of sp³-hybridized carbons (Fsp3) is 0.125. The van der Waals surface area contributed by atoms with E-state index in [1.165, 1.54) is 9.54 Å². The van der Waals surface area contributed by atoms with Crippen molar-refractivity contribution in [2.75, 3.05) is 0 Å². The molecule has 0 saturated carbocycles. The van der Waals surface area contributed by atoms with Crippen molar-refractivity contribution in [3.05, 3.63) is 102 Å². The first-order valence-corrected chi connectivity index (χ1v) is 11.5. The van der Waals surface area contributed by atoms with Crippen molar-refractivity contribution in [1.82, 2.24) is 9.29 Å². The summed E-state index contributed by atoms with van der Waals surface area (Å²) in [5.41, 5.74) is 2.98. The van der Waals surface area contributed by atoms with Crippen molar-refractivity contribution in [3.63, 3.8) is 0 Å². The van der Waals surface area contributed by atoms with Crippen LogP contribution >= 0.6 is 0 Å². The molecule has 178 valence electrons. The summed E-state index contributed by atoms with van der Waals surface area (Å²) in [5.74, 6) is -2.76. The van der Waals surface area contributed by atoms with Crippen molar-refractivity contribution in [3.8, 4) is 0 Å². The maximum atomic E-state index is 13.0. The Balaban J connectivity index is 0.000000406. The van der Waals surface area contributed by atoms with E-state index in [-0.39, 0.29) is 4.90 Å².